The molecule has 0 saturated heterocycles. The Morgan fingerprint density at radius 3 is 2.45 bits per heavy atom. The van der Waals surface area contributed by atoms with E-state index in [-0.39, 0.29) is 12.2 Å². The summed E-state index contributed by atoms with van der Waals surface area (Å²) in [6.45, 7) is 8.66. The minimum Gasteiger partial charge on any atom is -0.382 e. The third kappa shape index (κ3) is 6.50. The zero-order valence-corrected chi connectivity index (χ0v) is 13.2. The number of ether oxygens (including phenoxy) is 4. The molecule has 1 rings (SSSR count). The van der Waals surface area contributed by atoms with E-state index in [1.807, 2.05) is 0 Å². The number of nitrogens with one attached hydrogen (secondary N) is 1. The summed E-state index contributed by atoms with van der Waals surface area (Å²) in [5.74, 6) is 0. The summed E-state index contributed by atoms with van der Waals surface area (Å²) >= 11 is 0. The van der Waals surface area contributed by atoms with Gasteiger partial charge in [0.2, 0.25) is 0 Å². The fourth-order valence-electron chi connectivity index (χ4n) is 2.25. The predicted octanol–water partition coefficient (Wildman–Crippen LogP) is 1.60. The number of rotatable bonds is 13. The van der Waals surface area contributed by atoms with Crippen molar-refractivity contribution in [2.24, 2.45) is 0 Å². The third-order valence-electron chi connectivity index (χ3n) is 3.41. The fraction of sp³-hybridized carbons (Fsp3) is 1.00. The Bertz CT molecular complexity index is 228. The molecule has 0 aromatic carbocycles. The largest absolute Gasteiger partial charge is 0.382 e. The van der Waals surface area contributed by atoms with Crippen LogP contribution in [0, 0.1) is 0 Å². The number of hydrogen-bond acceptors (Lipinski definition) is 5. The molecule has 3 unspecified atom stereocenters. The maximum atomic E-state index is 5.90. The van der Waals surface area contributed by atoms with E-state index in [4.69, 9.17) is 18.9 Å². The molecule has 1 saturated carbocycles. The first-order valence-electron chi connectivity index (χ1n) is 7.86. The topological polar surface area (TPSA) is 49.0 Å². The van der Waals surface area contributed by atoms with Crippen molar-refractivity contribution in [3.05, 3.63) is 0 Å². The van der Waals surface area contributed by atoms with Gasteiger partial charge in [0.25, 0.3) is 0 Å². The summed E-state index contributed by atoms with van der Waals surface area (Å²) in [6.07, 6.45) is 3.63. The molecule has 120 valence electrons. The molecule has 20 heavy (non-hydrogen) atoms. The lowest BCUT2D eigenvalue weighted by Gasteiger charge is -2.44. The van der Waals surface area contributed by atoms with Crippen molar-refractivity contribution in [2.45, 2.75) is 51.4 Å². The van der Waals surface area contributed by atoms with Crippen LogP contribution in [0.15, 0.2) is 0 Å². The third-order valence-corrected chi connectivity index (χ3v) is 3.41. The van der Waals surface area contributed by atoms with Crippen molar-refractivity contribution >= 4 is 0 Å². The molecule has 5 heteroatoms. The van der Waals surface area contributed by atoms with Crippen LogP contribution in [0.1, 0.15) is 33.1 Å². The predicted molar refractivity (Wildman–Crippen MR) is 79.2 cm³/mol. The quantitative estimate of drug-likeness (QED) is 0.522. The van der Waals surface area contributed by atoms with Crippen LogP contribution in [0.25, 0.3) is 0 Å². The van der Waals surface area contributed by atoms with Gasteiger partial charge in [-0.15, -0.1) is 0 Å². The number of methoxy groups -OCH3 is 1. The van der Waals surface area contributed by atoms with E-state index in [1.54, 1.807) is 7.11 Å². The van der Waals surface area contributed by atoms with E-state index >= 15 is 0 Å². The van der Waals surface area contributed by atoms with Gasteiger partial charge >= 0.3 is 0 Å². The molecule has 1 N–H and O–H groups in total. The van der Waals surface area contributed by atoms with Crippen molar-refractivity contribution < 1.29 is 18.9 Å². The van der Waals surface area contributed by atoms with E-state index in [9.17, 15) is 0 Å². The summed E-state index contributed by atoms with van der Waals surface area (Å²) in [5, 5.41) is 3.52. The molecule has 1 aliphatic carbocycles. The summed E-state index contributed by atoms with van der Waals surface area (Å²) < 4.78 is 22.1. The van der Waals surface area contributed by atoms with Gasteiger partial charge in [0.1, 0.15) is 0 Å². The summed E-state index contributed by atoms with van der Waals surface area (Å²) in [4.78, 5) is 0. The fourth-order valence-corrected chi connectivity index (χ4v) is 2.25. The van der Waals surface area contributed by atoms with Crippen LogP contribution >= 0.6 is 0 Å². The van der Waals surface area contributed by atoms with Crippen LogP contribution in [0.4, 0.5) is 0 Å². The second-order valence-corrected chi connectivity index (χ2v) is 5.15. The van der Waals surface area contributed by atoms with Crippen LogP contribution in [0.2, 0.25) is 0 Å². The second-order valence-electron chi connectivity index (χ2n) is 5.15. The SMILES string of the molecule is CCCNC1CC(OCCOCCOC)C1OCCC. The van der Waals surface area contributed by atoms with Gasteiger partial charge < -0.3 is 24.3 Å². The molecule has 1 aliphatic rings. The molecule has 3 atom stereocenters. The van der Waals surface area contributed by atoms with E-state index in [1.165, 1.54) is 0 Å². The van der Waals surface area contributed by atoms with E-state index in [0.29, 0.717) is 32.5 Å². The van der Waals surface area contributed by atoms with E-state index < -0.39 is 0 Å². The molecular weight excluding hydrogens is 258 g/mol. The minimum absolute atomic E-state index is 0.195. The first-order chi connectivity index (χ1) is 9.83. The van der Waals surface area contributed by atoms with Crippen LogP contribution in [0.5, 0.6) is 0 Å². The van der Waals surface area contributed by atoms with Crippen molar-refractivity contribution in [3.8, 4) is 0 Å². The summed E-state index contributed by atoms with van der Waals surface area (Å²) in [7, 11) is 1.67. The zero-order valence-electron chi connectivity index (χ0n) is 13.2. The van der Waals surface area contributed by atoms with Gasteiger partial charge in [0.05, 0.1) is 38.6 Å². The normalized spacial score (nSPS) is 25.6. The Hall–Kier alpha value is -0.200. The zero-order chi connectivity index (χ0) is 14.6. The Kier molecular flexibility index (Phi) is 10.2. The van der Waals surface area contributed by atoms with Crippen LogP contribution in [0.3, 0.4) is 0 Å². The van der Waals surface area contributed by atoms with Gasteiger partial charge in [-0.25, -0.2) is 0 Å². The Morgan fingerprint density at radius 2 is 1.75 bits per heavy atom. The molecule has 0 radical (unpaired) electrons. The highest BCUT2D eigenvalue weighted by Crippen LogP contribution is 2.27. The highest BCUT2D eigenvalue weighted by molar-refractivity contribution is 4.97. The molecule has 1 fully saturated rings. The van der Waals surface area contributed by atoms with Gasteiger partial charge in [-0.05, 0) is 25.8 Å². The molecule has 0 bridgehead atoms. The summed E-state index contributed by atoms with van der Waals surface area (Å²) in [5.41, 5.74) is 0. The Balaban J connectivity index is 2.13. The Labute approximate surface area is 123 Å². The maximum absolute atomic E-state index is 5.90. The van der Waals surface area contributed by atoms with Crippen LogP contribution < -0.4 is 5.32 Å². The average Bonchev–Trinajstić information content (AvgIpc) is 2.44. The number of hydrogen-bond donors (Lipinski definition) is 1. The first-order valence-corrected chi connectivity index (χ1v) is 7.86. The highest BCUT2D eigenvalue weighted by Gasteiger charge is 2.42. The first kappa shape index (κ1) is 17.9. The molecule has 5 nitrogen and oxygen atoms in total. The van der Waals surface area contributed by atoms with E-state index in [2.05, 4.69) is 19.2 Å². The second kappa shape index (κ2) is 11.5. The monoisotopic (exact) mass is 289 g/mol. The van der Waals surface area contributed by atoms with Crippen molar-refractivity contribution in [2.75, 3.05) is 46.7 Å². The standard InChI is InChI=1S/C15H31NO4/c1-4-6-16-13-12-14(15(13)20-7-5-2)19-11-10-18-9-8-17-3/h13-16H,4-12H2,1-3H3. The lowest BCUT2D eigenvalue weighted by molar-refractivity contribution is -0.153. The molecule has 0 spiro atoms. The molecule has 0 amide bonds. The van der Waals surface area contributed by atoms with Gasteiger partial charge in [0.15, 0.2) is 0 Å². The van der Waals surface area contributed by atoms with Gasteiger partial charge in [0, 0.05) is 19.8 Å². The smallest absolute Gasteiger partial charge is 0.0990 e. The Morgan fingerprint density at radius 1 is 0.950 bits per heavy atom. The van der Waals surface area contributed by atoms with Crippen molar-refractivity contribution in [3.63, 3.8) is 0 Å². The van der Waals surface area contributed by atoms with Crippen LogP contribution in [-0.2, 0) is 18.9 Å². The highest BCUT2D eigenvalue weighted by atomic mass is 16.6. The molecule has 0 heterocycles. The van der Waals surface area contributed by atoms with Gasteiger partial charge in [-0.3, -0.25) is 0 Å². The van der Waals surface area contributed by atoms with Gasteiger partial charge in [-0.2, -0.15) is 0 Å². The van der Waals surface area contributed by atoms with Crippen LogP contribution in [-0.4, -0.2) is 64.9 Å². The van der Waals surface area contributed by atoms with Gasteiger partial charge in [-0.1, -0.05) is 13.8 Å². The lowest BCUT2D eigenvalue weighted by Crippen LogP contribution is -2.60. The minimum atomic E-state index is 0.195. The summed E-state index contributed by atoms with van der Waals surface area (Å²) in [6, 6.07) is 0.445. The molecule has 0 aliphatic heterocycles. The lowest BCUT2D eigenvalue weighted by atomic mass is 9.85. The van der Waals surface area contributed by atoms with E-state index in [0.717, 1.165) is 32.4 Å². The molecular formula is C15H31NO4. The maximum Gasteiger partial charge on any atom is 0.0990 e. The molecule has 0 aromatic rings. The average molecular weight is 289 g/mol. The van der Waals surface area contributed by atoms with Crippen molar-refractivity contribution in [1.29, 1.82) is 0 Å². The molecule has 0 aromatic heterocycles. The van der Waals surface area contributed by atoms with Crippen molar-refractivity contribution in [1.82, 2.24) is 5.32 Å².